The molecule has 3 aromatic rings. The number of aliphatic hydroxyl groups excluding tert-OH is 1. The van der Waals surface area contributed by atoms with Crippen LogP contribution in [0.15, 0.2) is 42.9 Å². The van der Waals surface area contributed by atoms with E-state index in [9.17, 15) is 9.90 Å². The highest BCUT2D eigenvalue weighted by Gasteiger charge is 2.55. The van der Waals surface area contributed by atoms with E-state index >= 15 is 4.39 Å². The van der Waals surface area contributed by atoms with E-state index in [1.165, 1.54) is 24.0 Å². The number of nitrogens with zero attached hydrogens (tertiary/aromatic N) is 4. The van der Waals surface area contributed by atoms with Crippen molar-refractivity contribution in [3.05, 3.63) is 42.9 Å². The van der Waals surface area contributed by atoms with Gasteiger partial charge in [-0.15, -0.1) is 0 Å². The molecule has 1 aliphatic heterocycles. The van der Waals surface area contributed by atoms with Crippen molar-refractivity contribution in [3.63, 3.8) is 0 Å². The number of nitrogen functional groups attached to an aromatic ring is 1. The van der Waals surface area contributed by atoms with Crippen molar-refractivity contribution >= 4 is 41.5 Å². The van der Waals surface area contributed by atoms with E-state index in [-0.39, 0.29) is 24.3 Å². The highest BCUT2D eigenvalue weighted by Crippen LogP contribution is 2.48. The number of hydrogen-bond donors (Lipinski definition) is 3. The Hall–Kier alpha value is -2.74. The molecule has 12 nitrogen and oxygen atoms in total. The Balaban J connectivity index is 1.54. The highest BCUT2D eigenvalue weighted by molar-refractivity contribution is 8.09. The summed E-state index contributed by atoms with van der Waals surface area (Å²) < 4.78 is 40.2. The molecule has 2 aromatic heterocycles. The number of aromatic nitrogens is 4. The Kier molecular flexibility index (Phi) is 8.31. The topological polar surface area (TPSA) is 156 Å². The molecule has 1 saturated heterocycles. The van der Waals surface area contributed by atoms with Gasteiger partial charge in [0.25, 0.3) is 0 Å². The largest absolute Gasteiger partial charge is 0.462 e. The van der Waals surface area contributed by atoms with Crippen LogP contribution >= 0.6 is 6.64 Å². The number of alkyl halides is 1. The summed E-state index contributed by atoms with van der Waals surface area (Å²) in [5.41, 5.74) is 4.06. The van der Waals surface area contributed by atoms with Gasteiger partial charge >= 0.3 is 12.6 Å². The van der Waals surface area contributed by atoms with Gasteiger partial charge in [-0.25, -0.2) is 19.4 Å². The summed E-state index contributed by atoms with van der Waals surface area (Å²) in [6.07, 6.45) is -1.64. The Morgan fingerprint density at radius 2 is 2.05 bits per heavy atom. The molecule has 1 aromatic carbocycles. The number of carbonyl (C=O) groups excluding carboxylic acids is 1. The number of hydrogen-bond acceptors (Lipinski definition) is 11. The number of benzene rings is 1. The number of rotatable bonds is 10. The minimum absolute atomic E-state index is 0.0202. The van der Waals surface area contributed by atoms with E-state index in [1.807, 2.05) is 0 Å². The number of halogens is 1. The fraction of sp³-hybridized carbons (Fsp3) is 0.478. The maximum absolute atomic E-state index is 15.8. The van der Waals surface area contributed by atoms with Crippen LogP contribution in [-0.2, 0) is 30.6 Å². The lowest BCUT2D eigenvalue weighted by molar-refractivity contribution is -0.149. The van der Waals surface area contributed by atoms with Crippen molar-refractivity contribution in [3.8, 4) is 5.75 Å². The molecule has 1 aliphatic rings. The molecule has 3 heterocycles. The zero-order valence-corrected chi connectivity index (χ0v) is 22.9. The molecule has 0 radical (unpaired) electrons. The zero-order valence-electron chi connectivity index (χ0n) is 21.2. The molecule has 0 saturated carbocycles. The summed E-state index contributed by atoms with van der Waals surface area (Å²) in [7, 11) is 0. The standard InChI is InChI=1S/C23H30FN6O6PS/c1-13(2)34-20(32)14(3)29-37(38,36-15-8-6-5-7-9-15)33-11-17-18(31)23(4,24)21(35-17)30-12-27-16-10-26-22(25)28-19(16)30/h5-10,12-14,17-18,21,31H,11H2,1-4H3,(H,29,38)(H2,25,26,28). The SMILES string of the molecule is CC(C)OC(=O)C(C)NP(=S)(OCC1OC(n2cnc3cnc(N)nc32)C(C)(F)C1O)Oc1ccccc1. The van der Waals surface area contributed by atoms with Crippen molar-refractivity contribution in [2.24, 2.45) is 0 Å². The first-order valence-electron chi connectivity index (χ1n) is 11.8. The van der Waals surface area contributed by atoms with Gasteiger partial charge in [-0.2, -0.15) is 4.98 Å². The molecule has 1 fully saturated rings. The minimum Gasteiger partial charge on any atom is -0.462 e. The molecule has 6 unspecified atom stereocenters. The highest BCUT2D eigenvalue weighted by atomic mass is 32.5. The van der Waals surface area contributed by atoms with E-state index < -0.39 is 42.8 Å². The minimum atomic E-state index is -3.43. The molecule has 0 spiro atoms. The number of para-hydroxylation sites is 1. The molecule has 6 atom stereocenters. The molecule has 4 rings (SSSR count). The number of fused-ring (bicyclic) bond motifs is 1. The predicted octanol–water partition coefficient (Wildman–Crippen LogP) is 2.64. The molecule has 0 aliphatic carbocycles. The summed E-state index contributed by atoms with van der Waals surface area (Å²) in [5.74, 6) is -0.166. The average Bonchev–Trinajstić information content (AvgIpc) is 3.35. The fourth-order valence-corrected chi connectivity index (χ4v) is 6.29. The first-order chi connectivity index (χ1) is 17.9. The van der Waals surface area contributed by atoms with Gasteiger partial charge in [-0.1, -0.05) is 18.2 Å². The first-order valence-corrected chi connectivity index (χ1v) is 14.5. The van der Waals surface area contributed by atoms with Crippen molar-refractivity contribution in [2.75, 3.05) is 12.3 Å². The van der Waals surface area contributed by atoms with Gasteiger partial charge in [0.2, 0.25) is 5.95 Å². The Labute approximate surface area is 223 Å². The third-order valence-corrected chi connectivity index (χ3v) is 8.24. The number of nitrogens with one attached hydrogen (secondary N) is 1. The lowest BCUT2D eigenvalue weighted by Gasteiger charge is -2.28. The van der Waals surface area contributed by atoms with Crippen LogP contribution in [-0.4, -0.2) is 67.2 Å². The Bertz CT molecular complexity index is 1330. The smallest absolute Gasteiger partial charge is 0.323 e. The van der Waals surface area contributed by atoms with Gasteiger partial charge in [0, 0.05) is 0 Å². The normalized spacial score (nSPS) is 25.8. The molecular weight excluding hydrogens is 538 g/mol. The summed E-state index contributed by atoms with van der Waals surface area (Å²) in [6.45, 7) is 2.45. The van der Waals surface area contributed by atoms with E-state index in [0.717, 1.165) is 0 Å². The van der Waals surface area contributed by atoms with Crippen molar-refractivity contribution < 1.29 is 32.8 Å². The Morgan fingerprint density at radius 1 is 1.34 bits per heavy atom. The maximum atomic E-state index is 15.8. The van der Waals surface area contributed by atoms with Crippen molar-refractivity contribution in [1.29, 1.82) is 0 Å². The van der Waals surface area contributed by atoms with Crippen LogP contribution in [0.25, 0.3) is 11.2 Å². The maximum Gasteiger partial charge on any atom is 0.323 e. The predicted molar refractivity (Wildman–Crippen MR) is 140 cm³/mol. The number of aliphatic hydroxyl groups is 1. The average molecular weight is 569 g/mol. The van der Waals surface area contributed by atoms with Crippen LogP contribution in [0.3, 0.4) is 0 Å². The van der Waals surface area contributed by atoms with E-state index in [4.69, 9.17) is 36.1 Å². The van der Waals surface area contributed by atoms with Gasteiger partial charge in [0.1, 0.15) is 29.5 Å². The number of anilines is 1. The van der Waals surface area contributed by atoms with Crippen LogP contribution in [0.2, 0.25) is 0 Å². The monoisotopic (exact) mass is 568 g/mol. The van der Waals surface area contributed by atoms with Crippen molar-refractivity contribution in [1.82, 2.24) is 24.6 Å². The second-order valence-electron chi connectivity index (χ2n) is 9.25. The number of carbonyl (C=O) groups is 1. The van der Waals surface area contributed by atoms with Crippen LogP contribution in [0.1, 0.15) is 33.9 Å². The quantitative estimate of drug-likeness (QED) is 0.243. The lowest BCUT2D eigenvalue weighted by Crippen LogP contribution is -2.41. The summed E-state index contributed by atoms with van der Waals surface area (Å²) in [4.78, 5) is 24.6. The number of nitrogens with two attached hydrogens (primary N) is 1. The van der Waals surface area contributed by atoms with E-state index in [1.54, 1.807) is 51.1 Å². The van der Waals surface area contributed by atoms with E-state index in [0.29, 0.717) is 11.3 Å². The Morgan fingerprint density at radius 3 is 2.74 bits per heavy atom. The second-order valence-corrected chi connectivity index (χ2v) is 12.4. The van der Waals surface area contributed by atoms with Crippen LogP contribution in [0.4, 0.5) is 10.3 Å². The summed E-state index contributed by atoms with van der Waals surface area (Å²) in [5, 5.41) is 13.7. The second kappa shape index (κ2) is 11.2. The number of esters is 1. The molecule has 0 amide bonds. The molecular formula is C23H30FN6O6PS. The third-order valence-electron chi connectivity index (χ3n) is 5.74. The van der Waals surface area contributed by atoms with Gasteiger partial charge in [-0.3, -0.25) is 9.36 Å². The number of ether oxygens (including phenoxy) is 2. The molecule has 15 heteroatoms. The lowest BCUT2D eigenvalue weighted by atomic mass is 9.98. The van der Waals surface area contributed by atoms with Crippen LogP contribution < -0.4 is 15.3 Å². The zero-order chi connectivity index (χ0) is 27.7. The van der Waals surface area contributed by atoms with Gasteiger partial charge in [-0.05, 0) is 51.6 Å². The van der Waals surface area contributed by atoms with Crippen LogP contribution in [0, 0.1) is 0 Å². The molecule has 38 heavy (non-hydrogen) atoms. The third kappa shape index (κ3) is 6.11. The van der Waals surface area contributed by atoms with Crippen LogP contribution in [0.5, 0.6) is 5.75 Å². The van der Waals surface area contributed by atoms with Gasteiger partial charge < -0.3 is 29.4 Å². The van der Waals surface area contributed by atoms with Crippen molar-refractivity contribution in [2.45, 2.75) is 63.9 Å². The fourth-order valence-electron chi connectivity index (χ4n) is 3.87. The summed E-state index contributed by atoms with van der Waals surface area (Å²) >= 11 is 5.68. The molecule has 4 N–H and O–H groups in total. The first kappa shape index (κ1) is 28.3. The summed E-state index contributed by atoms with van der Waals surface area (Å²) in [6, 6.07) is 7.78. The van der Waals surface area contributed by atoms with Gasteiger partial charge in [0.05, 0.1) is 25.2 Å². The molecule has 206 valence electrons. The van der Waals surface area contributed by atoms with Gasteiger partial charge in [0.15, 0.2) is 17.5 Å². The van der Waals surface area contributed by atoms with E-state index in [2.05, 4.69) is 20.0 Å². The molecule has 0 bridgehead atoms. The number of imidazole rings is 1.